The molecule has 0 amide bonds. The lowest BCUT2D eigenvalue weighted by molar-refractivity contribution is 0.319. The summed E-state index contributed by atoms with van der Waals surface area (Å²) >= 11 is 0. The normalized spacial score (nSPS) is 17.7. The number of fused-ring (bicyclic) bond motifs is 1. The average Bonchev–Trinajstić information content (AvgIpc) is 3.16. The Balaban J connectivity index is 1.62. The lowest BCUT2D eigenvalue weighted by atomic mass is 10.1. The van der Waals surface area contributed by atoms with Gasteiger partial charge in [0, 0.05) is 30.9 Å². The molecule has 4 heterocycles. The number of rotatable bonds is 2. The first-order valence-electron chi connectivity index (χ1n) is 6.80. The predicted molar refractivity (Wildman–Crippen MR) is 74.1 cm³/mol. The van der Waals surface area contributed by atoms with Gasteiger partial charge in [-0.15, -0.1) is 0 Å². The molecule has 0 radical (unpaired) electrons. The van der Waals surface area contributed by atoms with Gasteiger partial charge in [-0.25, -0.2) is 4.98 Å². The van der Waals surface area contributed by atoms with Crippen LogP contribution in [0, 0.1) is 6.92 Å². The van der Waals surface area contributed by atoms with Crippen LogP contribution in [0.2, 0.25) is 0 Å². The molecule has 1 atom stereocenters. The SMILES string of the molecule is Cc1ccncc1-c1noc(C2Cc3nc[nH]c3CN2)n1. The summed E-state index contributed by atoms with van der Waals surface area (Å²) in [7, 11) is 0. The molecule has 0 fully saturated rings. The van der Waals surface area contributed by atoms with Crippen LogP contribution < -0.4 is 5.32 Å². The second kappa shape index (κ2) is 4.78. The molecule has 0 saturated carbocycles. The molecule has 1 aliphatic heterocycles. The van der Waals surface area contributed by atoms with Gasteiger partial charge in [0.05, 0.1) is 23.8 Å². The Hall–Kier alpha value is -2.54. The zero-order valence-corrected chi connectivity index (χ0v) is 11.5. The molecule has 21 heavy (non-hydrogen) atoms. The summed E-state index contributed by atoms with van der Waals surface area (Å²) in [5, 5.41) is 7.45. The number of nitrogens with zero attached hydrogens (tertiary/aromatic N) is 4. The molecule has 3 aromatic rings. The van der Waals surface area contributed by atoms with Crippen LogP contribution in [0.3, 0.4) is 0 Å². The second-order valence-corrected chi connectivity index (χ2v) is 5.11. The van der Waals surface area contributed by atoms with E-state index in [9.17, 15) is 0 Å². The first-order chi connectivity index (χ1) is 10.3. The van der Waals surface area contributed by atoms with Gasteiger partial charge in [-0.3, -0.25) is 10.3 Å². The number of nitrogens with one attached hydrogen (secondary N) is 2. The van der Waals surface area contributed by atoms with Gasteiger partial charge in [-0.1, -0.05) is 5.16 Å². The summed E-state index contributed by atoms with van der Waals surface area (Å²) in [5.41, 5.74) is 4.14. The van der Waals surface area contributed by atoms with E-state index in [0.29, 0.717) is 11.7 Å². The van der Waals surface area contributed by atoms with Crippen LogP contribution in [0.4, 0.5) is 0 Å². The van der Waals surface area contributed by atoms with Gasteiger partial charge in [0.2, 0.25) is 11.7 Å². The zero-order valence-electron chi connectivity index (χ0n) is 11.5. The number of aromatic nitrogens is 5. The standard InChI is InChI=1S/C14H14N6O/c1-8-2-3-15-5-9(8)13-19-14(21-20-13)11-4-10-12(6-16-11)18-7-17-10/h2-3,5,7,11,16H,4,6H2,1H3,(H,17,18). The largest absolute Gasteiger partial charge is 0.347 e. The summed E-state index contributed by atoms with van der Waals surface area (Å²) in [6, 6.07) is 1.93. The summed E-state index contributed by atoms with van der Waals surface area (Å²) < 4.78 is 5.42. The van der Waals surface area contributed by atoms with Gasteiger partial charge in [0.25, 0.3) is 0 Å². The van der Waals surface area contributed by atoms with Crippen molar-refractivity contribution < 1.29 is 4.52 Å². The summed E-state index contributed by atoms with van der Waals surface area (Å²) in [6.07, 6.45) is 5.96. The van der Waals surface area contributed by atoms with E-state index in [0.717, 1.165) is 35.5 Å². The third kappa shape index (κ3) is 2.11. The van der Waals surface area contributed by atoms with Crippen molar-refractivity contribution in [3.05, 3.63) is 47.6 Å². The smallest absolute Gasteiger partial charge is 0.244 e. The molecular weight excluding hydrogens is 268 g/mol. The molecular formula is C14H14N6O. The van der Waals surface area contributed by atoms with Crippen molar-refractivity contribution >= 4 is 0 Å². The van der Waals surface area contributed by atoms with Crippen molar-refractivity contribution in [2.24, 2.45) is 0 Å². The Morgan fingerprint density at radius 2 is 2.33 bits per heavy atom. The summed E-state index contributed by atoms with van der Waals surface area (Å²) in [4.78, 5) is 16.1. The Bertz CT molecular complexity index is 777. The van der Waals surface area contributed by atoms with Crippen LogP contribution in [0.25, 0.3) is 11.4 Å². The Kier molecular flexibility index (Phi) is 2.78. The number of imidazole rings is 1. The van der Waals surface area contributed by atoms with E-state index in [1.54, 1.807) is 18.7 Å². The zero-order chi connectivity index (χ0) is 14.2. The van der Waals surface area contributed by atoms with Crippen molar-refractivity contribution in [1.29, 1.82) is 0 Å². The van der Waals surface area contributed by atoms with Crippen molar-refractivity contribution in [3.8, 4) is 11.4 Å². The van der Waals surface area contributed by atoms with Crippen molar-refractivity contribution in [2.75, 3.05) is 0 Å². The second-order valence-electron chi connectivity index (χ2n) is 5.11. The molecule has 4 rings (SSSR count). The number of aromatic amines is 1. The molecule has 1 unspecified atom stereocenters. The van der Waals surface area contributed by atoms with Gasteiger partial charge in [-0.05, 0) is 18.6 Å². The highest BCUT2D eigenvalue weighted by atomic mass is 16.5. The van der Waals surface area contributed by atoms with Gasteiger partial charge in [-0.2, -0.15) is 4.98 Å². The minimum atomic E-state index is -0.000900. The molecule has 2 N–H and O–H groups in total. The molecule has 106 valence electrons. The minimum Gasteiger partial charge on any atom is -0.347 e. The van der Waals surface area contributed by atoms with Crippen LogP contribution >= 0.6 is 0 Å². The predicted octanol–water partition coefficient (Wildman–Crippen LogP) is 1.55. The molecule has 7 nitrogen and oxygen atoms in total. The summed E-state index contributed by atoms with van der Waals surface area (Å²) in [5.74, 6) is 1.16. The van der Waals surface area contributed by atoms with E-state index < -0.39 is 0 Å². The quantitative estimate of drug-likeness (QED) is 0.741. The van der Waals surface area contributed by atoms with Crippen LogP contribution in [0.5, 0.6) is 0 Å². The first kappa shape index (κ1) is 12.2. The number of hydrogen-bond donors (Lipinski definition) is 2. The number of H-pyrrole nitrogens is 1. The fourth-order valence-electron chi connectivity index (χ4n) is 2.53. The van der Waals surface area contributed by atoms with Crippen LogP contribution in [-0.4, -0.2) is 25.1 Å². The van der Waals surface area contributed by atoms with Crippen molar-refractivity contribution in [2.45, 2.75) is 25.9 Å². The van der Waals surface area contributed by atoms with Crippen molar-refractivity contribution in [3.63, 3.8) is 0 Å². The van der Waals surface area contributed by atoms with Gasteiger partial charge < -0.3 is 9.51 Å². The molecule has 7 heteroatoms. The van der Waals surface area contributed by atoms with Gasteiger partial charge >= 0.3 is 0 Å². The maximum absolute atomic E-state index is 5.42. The van der Waals surface area contributed by atoms with E-state index in [1.165, 1.54) is 0 Å². The first-order valence-corrected chi connectivity index (χ1v) is 6.80. The van der Waals surface area contributed by atoms with Crippen LogP contribution in [-0.2, 0) is 13.0 Å². The highest BCUT2D eigenvalue weighted by Crippen LogP contribution is 2.25. The third-order valence-electron chi connectivity index (χ3n) is 3.75. The minimum absolute atomic E-state index is 0.000900. The molecule has 0 aromatic carbocycles. The molecule has 0 saturated heterocycles. The number of aryl methyl sites for hydroxylation is 1. The van der Waals surface area contributed by atoms with E-state index >= 15 is 0 Å². The molecule has 0 bridgehead atoms. The summed E-state index contributed by atoms with van der Waals surface area (Å²) in [6.45, 7) is 2.73. The fraction of sp³-hybridized carbons (Fsp3) is 0.286. The van der Waals surface area contributed by atoms with E-state index in [2.05, 4.69) is 30.4 Å². The maximum Gasteiger partial charge on any atom is 0.244 e. The van der Waals surface area contributed by atoms with E-state index in [4.69, 9.17) is 4.52 Å². The third-order valence-corrected chi connectivity index (χ3v) is 3.75. The maximum atomic E-state index is 5.42. The van der Waals surface area contributed by atoms with Gasteiger partial charge in [0.1, 0.15) is 0 Å². The lowest BCUT2D eigenvalue weighted by Crippen LogP contribution is -2.28. The highest BCUT2D eigenvalue weighted by molar-refractivity contribution is 5.57. The monoisotopic (exact) mass is 282 g/mol. The Labute approximate surface area is 120 Å². The van der Waals surface area contributed by atoms with Gasteiger partial charge in [0.15, 0.2) is 0 Å². The van der Waals surface area contributed by atoms with E-state index in [1.807, 2.05) is 13.0 Å². The molecule has 0 aliphatic carbocycles. The topological polar surface area (TPSA) is 92.5 Å². The van der Waals surface area contributed by atoms with Crippen LogP contribution in [0.1, 0.15) is 28.9 Å². The molecule has 0 spiro atoms. The average molecular weight is 282 g/mol. The lowest BCUT2D eigenvalue weighted by Gasteiger charge is -2.19. The Morgan fingerprint density at radius 3 is 3.24 bits per heavy atom. The van der Waals surface area contributed by atoms with E-state index in [-0.39, 0.29) is 6.04 Å². The Morgan fingerprint density at radius 1 is 1.38 bits per heavy atom. The fourth-order valence-corrected chi connectivity index (χ4v) is 2.53. The number of pyridine rings is 1. The molecule has 1 aliphatic rings. The van der Waals surface area contributed by atoms with Crippen LogP contribution in [0.15, 0.2) is 29.3 Å². The van der Waals surface area contributed by atoms with Crippen molar-refractivity contribution in [1.82, 2.24) is 30.4 Å². The molecule has 3 aromatic heterocycles. The highest BCUT2D eigenvalue weighted by Gasteiger charge is 2.26. The number of hydrogen-bond acceptors (Lipinski definition) is 6.